The highest BCUT2D eigenvalue weighted by Gasteiger charge is 2.54. The van der Waals surface area contributed by atoms with Crippen LogP contribution in [0.5, 0.6) is 0 Å². The van der Waals surface area contributed by atoms with E-state index in [1.165, 1.54) is 50.0 Å². The molecule has 1 heterocycles. The number of hydrogen-bond acceptors (Lipinski definition) is 2. The van der Waals surface area contributed by atoms with Gasteiger partial charge in [0.25, 0.3) is 0 Å². The molecule has 0 aliphatic heterocycles. The van der Waals surface area contributed by atoms with Crippen molar-refractivity contribution in [1.82, 2.24) is 9.97 Å². The van der Waals surface area contributed by atoms with Crippen LogP contribution in [0.1, 0.15) is 61.7 Å². The Bertz CT molecular complexity index is 462. The first-order valence-electron chi connectivity index (χ1n) is 8.33. The van der Waals surface area contributed by atoms with Crippen molar-refractivity contribution in [3.8, 4) is 0 Å². The number of aromatic nitrogens is 2. The maximum Gasteiger partial charge on any atom is 0.111 e. The normalized spacial score (nSPS) is 40.2. The number of aryl methyl sites for hydroxylation is 2. The van der Waals surface area contributed by atoms with Crippen molar-refractivity contribution in [1.29, 1.82) is 0 Å². The monoisotopic (exact) mass is 273 g/mol. The fourth-order valence-corrected chi connectivity index (χ4v) is 6.00. The van der Waals surface area contributed by atoms with Crippen LogP contribution in [-0.4, -0.2) is 16.5 Å². The van der Waals surface area contributed by atoms with Gasteiger partial charge in [0.2, 0.25) is 0 Å². The average molecular weight is 273 g/mol. The standard InChI is InChI=1S/C17H27N3/c1-10-11(2)20-16(19-10)15(9-18)17-6-12-3-13(7-17)5-14(4-12)8-17/h12-15H,3-9,18H2,1-2H3,(H,19,20). The molecular formula is C17H27N3. The van der Waals surface area contributed by atoms with Gasteiger partial charge in [0.05, 0.1) is 5.69 Å². The smallest absolute Gasteiger partial charge is 0.111 e. The molecule has 4 aliphatic rings. The highest BCUT2D eigenvalue weighted by atomic mass is 15.0. The van der Waals surface area contributed by atoms with Crippen LogP contribution < -0.4 is 5.73 Å². The van der Waals surface area contributed by atoms with Crippen molar-refractivity contribution < 1.29 is 0 Å². The first-order chi connectivity index (χ1) is 9.59. The zero-order valence-corrected chi connectivity index (χ0v) is 12.8. The van der Waals surface area contributed by atoms with Gasteiger partial charge in [-0.05, 0) is 75.5 Å². The molecule has 5 rings (SSSR count). The molecule has 3 nitrogen and oxygen atoms in total. The van der Waals surface area contributed by atoms with Crippen molar-refractivity contribution in [2.45, 2.75) is 58.3 Å². The minimum Gasteiger partial charge on any atom is -0.346 e. The van der Waals surface area contributed by atoms with Crippen molar-refractivity contribution in [2.75, 3.05) is 6.54 Å². The Kier molecular flexibility index (Phi) is 2.79. The average Bonchev–Trinajstić information content (AvgIpc) is 2.67. The van der Waals surface area contributed by atoms with Gasteiger partial charge in [-0.3, -0.25) is 0 Å². The van der Waals surface area contributed by atoms with E-state index in [2.05, 4.69) is 18.8 Å². The van der Waals surface area contributed by atoms with Gasteiger partial charge in [0, 0.05) is 18.2 Å². The topological polar surface area (TPSA) is 54.7 Å². The number of nitrogens with two attached hydrogens (primary N) is 1. The fourth-order valence-electron chi connectivity index (χ4n) is 6.00. The van der Waals surface area contributed by atoms with E-state index in [4.69, 9.17) is 10.7 Å². The Morgan fingerprint density at radius 1 is 1.15 bits per heavy atom. The molecule has 4 saturated carbocycles. The molecule has 110 valence electrons. The summed E-state index contributed by atoms with van der Waals surface area (Å²) in [6.45, 7) is 4.97. The van der Waals surface area contributed by atoms with Crippen LogP contribution in [0.15, 0.2) is 0 Å². The van der Waals surface area contributed by atoms with Crippen LogP contribution in [0.3, 0.4) is 0 Å². The summed E-state index contributed by atoms with van der Waals surface area (Å²) in [6.07, 6.45) is 8.69. The van der Waals surface area contributed by atoms with Gasteiger partial charge in [0.15, 0.2) is 0 Å². The van der Waals surface area contributed by atoms with Crippen LogP contribution in [0, 0.1) is 37.0 Å². The summed E-state index contributed by atoms with van der Waals surface area (Å²) >= 11 is 0. The number of aromatic amines is 1. The minimum atomic E-state index is 0.447. The second-order valence-corrected chi connectivity index (χ2v) is 7.90. The van der Waals surface area contributed by atoms with Gasteiger partial charge >= 0.3 is 0 Å². The second kappa shape index (κ2) is 4.33. The predicted molar refractivity (Wildman–Crippen MR) is 80.5 cm³/mol. The molecule has 1 aromatic rings. The summed E-state index contributed by atoms with van der Waals surface area (Å²) in [5.74, 6) is 4.56. The van der Waals surface area contributed by atoms with Crippen molar-refractivity contribution in [3.05, 3.63) is 17.2 Å². The maximum atomic E-state index is 6.23. The zero-order valence-electron chi connectivity index (χ0n) is 12.8. The van der Waals surface area contributed by atoms with E-state index in [1.807, 2.05) is 0 Å². The molecule has 0 radical (unpaired) electrons. The summed E-state index contributed by atoms with van der Waals surface area (Å²) in [5.41, 5.74) is 9.04. The molecule has 3 heteroatoms. The SMILES string of the molecule is Cc1nc(C(CN)C23CC4CC(CC(C4)C2)C3)[nH]c1C. The van der Waals surface area contributed by atoms with Crippen molar-refractivity contribution >= 4 is 0 Å². The van der Waals surface area contributed by atoms with Gasteiger partial charge in [-0.1, -0.05) is 0 Å². The minimum absolute atomic E-state index is 0.447. The van der Waals surface area contributed by atoms with Crippen LogP contribution in [0.4, 0.5) is 0 Å². The van der Waals surface area contributed by atoms with Crippen molar-refractivity contribution in [2.24, 2.45) is 28.9 Å². The van der Waals surface area contributed by atoms with E-state index in [1.54, 1.807) is 0 Å². The number of nitrogens with zero attached hydrogens (tertiary/aromatic N) is 1. The lowest BCUT2D eigenvalue weighted by Gasteiger charge is -2.59. The van der Waals surface area contributed by atoms with Gasteiger partial charge in [0.1, 0.15) is 5.82 Å². The fraction of sp³-hybridized carbons (Fsp3) is 0.824. The Morgan fingerprint density at radius 2 is 1.70 bits per heavy atom. The maximum absolute atomic E-state index is 6.23. The lowest BCUT2D eigenvalue weighted by atomic mass is 9.46. The van der Waals surface area contributed by atoms with Crippen LogP contribution in [0.25, 0.3) is 0 Å². The van der Waals surface area contributed by atoms with Crippen LogP contribution >= 0.6 is 0 Å². The highest BCUT2D eigenvalue weighted by molar-refractivity contribution is 5.18. The Balaban J connectivity index is 1.70. The third kappa shape index (κ3) is 1.78. The lowest BCUT2D eigenvalue weighted by Crippen LogP contribution is -2.50. The van der Waals surface area contributed by atoms with E-state index < -0.39 is 0 Å². The van der Waals surface area contributed by atoms with E-state index >= 15 is 0 Å². The number of imidazole rings is 1. The molecule has 20 heavy (non-hydrogen) atoms. The third-order valence-corrected chi connectivity index (χ3v) is 6.54. The molecule has 0 saturated heterocycles. The number of H-pyrrole nitrogens is 1. The van der Waals surface area contributed by atoms with Gasteiger partial charge in [-0.15, -0.1) is 0 Å². The van der Waals surface area contributed by atoms with Crippen LogP contribution in [-0.2, 0) is 0 Å². The van der Waals surface area contributed by atoms with Crippen molar-refractivity contribution in [3.63, 3.8) is 0 Å². The first kappa shape index (κ1) is 12.9. The van der Waals surface area contributed by atoms with E-state index in [0.717, 1.165) is 30.0 Å². The highest BCUT2D eigenvalue weighted by Crippen LogP contribution is 2.64. The molecule has 0 spiro atoms. The van der Waals surface area contributed by atoms with Gasteiger partial charge < -0.3 is 10.7 Å². The number of nitrogens with one attached hydrogen (secondary N) is 1. The predicted octanol–water partition coefficient (Wildman–Crippen LogP) is 3.29. The first-order valence-corrected chi connectivity index (χ1v) is 8.33. The van der Waals surface area contributed by atoms with Gasteiger partial charge in [-0.25, -0.2) is 4.98 Å². The molecule has 1 atom stereocenters. The quantitative estimate of drug-likeness (QED) is 0.888. The molecule has 4 bridgehead atoms. The number of rotatable bonds is 3. The summed E-state index contributed by atoms with van der Waals surface area (Å²) in [4.78, 5) is 8.33. The molecule has 0 amide bonds. The van der Waals surface area contributed by atoms with Gasteiger partial charge in [-0.2, -0.15) is 0 Å². The molecule has 3 N–H and O–H groups in total. The largest absolute Gasteiger partial charge is 0.346 e. The molecule has 0 aromatic carbocycles. The molecular weight excluding hydrogens is 246 g/mol. The second-order valence-electron chi connectivity index (χ2n) is 7.90. The number of hydrogen-bond donors (Lipinski definition) is 2. The Morgan fingerprint density at radius 3 is 2.10 bits per heavy atom. The van der Waals surface area contributed by atoms with E-state index in [9.17, 15) is 0 Å². The Hall–Kier alpha value is -0.830. The summed E-state index contributed by atoms with van der Waals surface area (Å²) in [5, 5.41) is 0. The molecule has 1 aromatic heterocycles. The Labute approximate surface area is 121 Å². The third-order valence-electron chi connectivity index (χ3n) is 6.54. The summed E-state index contributed by atoms with van der Waals surface area (Å²) in [6, 6.07) is 0. The van der Waals surface area contributed by atoms with Crippen LogP contribution in [0.2, 0.25) is 0 Å². The summed E-state index contributed by atoms with van der Waals surface area (Å²) < 4.78 is 0. The lowest BCUT2D eigenvalue weighted by molar-refractivity contribution is -0.0684. The van der Waals surface area contributed by atoms with E-state index in [0.29, 0.717) is 11.3 Å². The molecule has 4 aliphatic carbocycles. The van der Waals surface area contributed by atoms with E-state index in [-0.39, 0.29) is 0 Å². The molecule has 4 fully saturated rings. The zero-order chi connectivity index (χ0) is 13.9. The summed E-state index contributed by atoms with van der Waals surface area (Å²) in [7, 11) is 0. The molecule has 1 unspecified atom stereocenters.